The van der Waals surface area contributed by atoms with Gasteiger partial charge in [0.05, 0.1) is 37.3 Å². The smallest absolute Gasteiger partial charge is 0.160 e. The second-order valence-corrected chi connectivity index (χ2v) is 12.7. The lowest BCUT2D eigenvalue weighted by molar-refractivity contribution is -0.122. The van der Waals surface area contributed by atoms with E-state index in [1.54, 1.807) is 7.11 Å². The van der Waals surface area contributed by atoms with Crippen LogP contribution < -0.4 is 9.64 Å². The van der Waals surface area contributed by atoms with E-state index in [2.05, 4.69) is 77.7 Å². The third-order valence-electron chi connectivity index (χ3n) is 9.99. The summed E-state index contributed by atoms with van der Waals surface area (Å²) in [5.74, 6) is 1.26. The van der Waals surface area contributed by atoms with Crippen LogP contribution in [0.3, 0.4) is 0 Å². The minimum absolute atomic E-state index is 0.125. The summed E-state index contributed by atoms with van der Waals surface area (Å²) in [6.45, 7) is 2.57. The lowest BCUT2D eigenvalue weighted by atomic mass is 9.67. The number of nitrogens with zero attached hydrogens (tertiary/aromatic N) is 4. The number of ether oxygens (including phenoxy) is 2. The Balaban J connectivity index is 1.42. The van der Waals surface area contributed by atoms with Crippen LogP contribution in [0.1, 0.15) is 33.9 Å². The van der Waals surface area contributed by atoms with E-state index in [0.29, 0.717) is 32.7 Å². The van der Waals surface area contributed by atoms with E-state index in [4.69, 9.17) is 19.8 Å². The highest BCUT2D eigenvalue weighted by atomic mass is 16.5. The van der Waals surface area contributed by atoms with Gasteiger partial charge in [-0.25, -0.2) is 0 Å². The number of ketones is 1. The fourth-order valence-electron chi connectivity index (χ4n) is 7.72. The standard InChI is InChI=1S/C43H38N4O3/c1-49-36-24-22-35(23-25-36)47-42(46-26-28-50-29-27-46)37(44-45-47)30-43(34-20-12-5-13-21-34)40(33-18-10-4-11-19-33)38(31-14-6-2-7-15-31)39(41(43)48)32-16-8-3-9-17-32/h2-25,39H,26-30H2,1H3/t39-,43-/m0/s1. The fraction of sp³-hybridized carbons (Fsp3) is 0.186. The SMILES string of the molecule is COc1ccc(-n2nnc(C[C@@]3(c4ccccc4)C(=O)[C@@H](c4ccccc4)C(c4ccccc4)=C3c3ccccc3)c2N2CCOCC2)cc1. The molecule has 1 aliphatic carbocycles. The second kappa shape index (κ2) is 13.6. The zero-order valence-electron chi connectivity index (χ0n) is 28.0. The third kappa shape index (κ3) is 5.50. The Morgan fingerprint density at radius 2 is 1.32 bits per heavy atom. The zero-order chi connectivity index (χ0) is 33.9. The number of aromatic nitrogens is 3. The van der Waals surface area contributed by atoms with Crippen molar-refractivity contribution in [3.63, 3.8) is 0 Å². The summed E-state index contributed by atoms with van der Waals surface area (Å²) >= 11 is 0. The molecule has 0 unspecified atom stereocenters. The number of carbonyl (C=O) groups excluding carboxylic acids is 1. The third-order valence-corrected chi connectivity index (χ3v) is 9.99. The molecule has 248 valence electrons. The summed E-state index contributed by atoms with van der Waals surface area (Å²) in [6, 6.07) is 49.1. The number of rotatable bonds is 9. The maximum Gasteiger partial charge on any atom is 0.160 e. The maximum absolute atomic E-state index is 15.9. The number of methoxy groups -OCH3 is 1. The van der Waals surface area contributed by atoms with Crippen molar-refractivity contribution in [1.29, 1.82) is 0 Å². The Hall–Kier alpha value is -5.79. The molecule has 1 saturated heterocycles. The van der Waals surface area contributed by atoms with Crippen molar-refractivity contribution in [1.82, 2.24) is 15.0 Å². The van der Waals surface area contributed by atoms with Crippen molar-refractivity contribution in [2.75, 3.05) is 38.3 Å². The molecule has 8 rings (SSSR count). The number of hydrogen-bond acceptors (Lipinski definition) is 6. The molecule has 2 heterocycles. The topological polar surface area (TPSA) is 69.5 Å². The minimum atomic E-state index is -1.09. The molecule has 0 radical (unpaired) electrons. The van der Waals surface area contributed by atoms with Gasteiger partial charge in [0, 0.05) is 19.5 Å². The number of morpholine rings is 1. The lowest BCUT2D eigenvalue weighted by Gasteiger charge is -2.34. The van der Waals surface area contributed by atoms with E-state index in [1.807, 2.05) is 77.5 Å². The van der Waals surface area contributed by atoms with E-state index in [1.165, 1.54) is 0 Å². The van der Waals surface area contributed by atoms with Crippen LogP contribution in [0.15, 0.2) is 146 Å². The Bertz CT molecular complexity index is 2110. The molecular formula is C43H38N4O3. The summed E-state index contributed by atoms with van der Waals surface area (Å²) in [6.07, 6.45) is 0.322. The van der Waals surface area contributed by atoms with Crippen molar-refractivity contribution in [3.05, 3.63) is 174 Å². The van der Waals surface area contributed by atoms with Crippen molar-refractivity contribution in [2.45, 2.75) is 17.8 Å². The predicted molar refractivity (Wildman–Crippen MR) is 197 cm³/mol. The van der Waals surface area contributed by atoms with Crippen molar-refractivity contribution in [2.24, 2.45) is 0 Å². The Kier molecular flexibility index (Phi) is 8.57. The fourth-order valence-corrected chi connectivity index (χ4v) is 7.72. The van der Waals surface area contributed by atoms with Crippen molar-refractivity contribution < 1.29 is 14.3 Å². The molecule has 1 aromatic heterocycles. The normalized spacial score (nSPS) is 19.2. The van der Waals surface area contributed by atoms with E-state index in [9.17, 15) is 0 Å². The highest BCUT2D eigenvalue weighted by Crippen LogP contribution is 2.58. The molecule has 5 aromatic carbocycles. The average molecular weight is 659 g/mol. The van der Waals surface area contributed by atoms with E-state index in [-0.39, 0.29) is 5.78 Å². The summed E-state index contributed by atoms with van der Waals surface area (Å²) < 4.78 is 13.1. The van der Waals surface area contributed by atoms with Gasteiger partial charge in [-0.05, 0) is 57.7 Å². The van der Waals surface area contributed by atoms with Gasteiger partial charge in [0.15, 0.2) is 11.6 Å². The minimum Gasteiger partial charge on any atom is -0.497 e. The van der Waals surface area contributed by atoms with Gasteiger partial charge < -0.3 is 14.4 Å². The Morgan fingerprint density at radius 1 is 0.740 bits per heavy atom. The number of Topliss-reactive ketones (excluding diaryl/α,β-unsaturated/α-hetero) is 1. The second-order valence-electron chi connectivity index (χ2n) is 12.7. The van der Waals surface area contributed by atoms with E-state index >= 15 is 4.79 Å². The Morgan fingerprint density at radius 3 is 1.94 bits per heavy atom. The first kappa shape index (κ1) is 31.5. The monoisotopic (exact) mass is 658 g/mol. The molecule has 0 spiro atoms. The summed E-state index contributed by atoms with van der Waals surface area (Å²) in [5.41, 5.74) is 6.50. The molecular weight excluding hydrogens is 620 g/mol. The Labute approximate surface area is 292 Å². The highest BCUT2D eigenvalue weighted by Gasteiger charge is 2.56. The molecule has 0 saturated carbocycles. The van der Waals surface area contributed by atoms with Crippen LogP contribution in [0.2, 0.25) is 0 Å². The molecule has 7 heteroatoms. The highest BCUT2D eigenvalue weighted by molar-refractivity contribution is 6.24. The maximum atomic E-state index is 15.9. The van der Waals surface area contributed by atoms with Crippen LogP contribution in [0.5, 0.6) is 5.75 Å². The molecule has 2 atom stereocenters. The van der Waals surface area contributed by atoms with Gasteiger partial charge in [-0.2, -0.15) is 4.68 Å². The number of benzene rings is 5. The lowest BCUT2D eigenvalue weighted by Crippen LogP contribution is -2.41. The first-order valence-corrected chi connectivity index (χ1v) is 17.1. The van der Waals surface area contributed by atoms with Crippen molar-refractivity contribution in [3.8, 4) is 11.4 Å². The van der Waals surface area contributed by atoms with Gasteiger partial charge in [0.1, 0.15) is 11.4 Å². The summed E-state index contributed by atoms with van der Waals surface area (Å²) in [5, 5.41) is 9.70. The summed E-state index contributed by atoms with van der Waals surface area (Å²) in [7, 11) is 1.66. The van der Waals surface area contributed by atoms with Crippen LogP contribution in [0.4, 0.5) is 5.82 Å². The molecule has 50 heavy (non-hydrogen) atoms. The van der Waals surface area contributed by atoms with Crippen molar-refractivity contribution >= 4 is 22.7 Å². The first-order chi connectivity index (χ1) is 24.7. The van der Waals surface area contributed by atoms with Gasteiger partial charge in [-0.15, -0.1) is 5.10 Å². The molecule has 2 aliphatic rings. The molecule has 0 amide bonds. The quantitative estimate of drug-likeness (QED) is 0.160. The first-order valence-electron chi connectivity index (χ1n) is 17.1. The molecule has 1 fully saturated rings. The number of anilines is 1. The number of carbonyl (C=O) groups is 1. The zero-order valence-corrected chi connectivity index (χ0v) is 28.0. The van der Waals surface area contributed by atoms with Crippen LogP contribution in [0, 0.1) is 0 Å². The van der Waals surface area contributed by atoms with Crippen LogP contribution in [-0.2, 0) is 21.4 Å². The van der Waals surface area contributed by atoms with Gasteiger partial charge in [-0.1, -0.05) is 127 Å². The van der Waals surface area contributed by atoms with E-state index < -0.39 is 11.3 Å². The van der Waals surface area contributed by atoms with Crippen LogP contribution >= 0.6 is 0 Å². The molecule has 0 bridgehead atoms. The predicted octanol–water partition coefficient (Wildman–Crippen LogP) is 7.57. The van der Waals surface area contributed by atoms with Crippen LogP contribution in [0.25, 0.3) is 16.8 Å². The van der Waals surface area contributed by atoms with E-state index in [0.717, 1.165) is 56.3 Å². The summed E-state index contributed by atoms with van der Waals surface area (Å²) in [4.78, 5) is 18.2. The van der Waals surface area contributed by atoms with Gasteiger partial charge >= 0.3 is 0 Å². The molecule has 1 aliphatic heterocycles. The van der Waals surface area contributed by atoms with Gasteiger partial charge in [0.25, 0.3) is 0 Å². The van der Waals surface area contributed by atoms with Crippen LogP contribution in [-0.4, -0.2) is 54.2 Å². The number of hydrogen-bond donors (Lipinski definition) is 0. The molecule has 0 N–H and O–H groups in total. The van der Waals surface area contributed by atoms with Gasteiger partial charge in [-0.3, -0.25) is 4.79 Å². The largest absolute Gasteiger partial charge is 0.497 e. The average Bonchev–Trinajstić information content (AvgIpc) is 3.73. The molecule has 7 nitrogen and oxygen atoms in total. The van der Waals surface area contributed by atoms with Gasteiger partial charge in [0.2, 0.25) is 0 Å². The number of allylic oxidation sites excluding steroid dienone is 2. The molecule has 6 aromatic rings.